The number of carboxylic acids is 1. The Morgan fingerprint density at radius 3 is 2.54 bits per heavy atom. The molecule has 28 heavy (non-hydrogen) atoms. The van der Waals surface area contributed by atoms with Crippen molar-refractivity contribution < 1.29 is 15.0 Å². The normalized spacial score (nSPS) is 24.4. The van der Waals surface area contributed by atoms with E-state index in [0.717, 1.165) is 38.0 Å². The highest BCUT2D eigenvalue weighted by molar-refractivity contribution is 5.67. The van der Waals surface area contributed by atoms with E-state index in [-0.39, 0.29) is 6.10 Å². The van der Waals surface area contributed by atoms with Gasteiger partial charge in [0.2, 0.25) is 0 Å². The van der Waals surface area contributed by atoms with Crippen LogP contribution in [0.4, 0.5) is 0 Å². The molecule has 1 rings (SSSR count). The van der Waals surface area contributed by atoms with Crippen molar-refractivity contribution in [2.75, 3.05) is 0 Å². The molecule has 3 heteroatoms. The largest absolute Gasteiger partial charge is 0.481 e. The summed E-state index contributed by atoms with van der Waals surface area (Å²) in [5.41, 5.74) is 0. The first-order valence-electron chi connectivity index (χ1n) is 11.7. The molecule has 0 aliphatic heterocycles. The Kier molecular flexibility index (Phi) is 13.2. The van der Waals surface area contributed by atoms with Gasteiger partial charge in [0, 0.05) is 6.42 Å². The van der Waals surface area contributed by atoms with Crippen molar-refractivity contribution >= 4 is 5.97 Å². The second-order valence-corrected chi connectivity index (χ2v) is 9.10. The number of hydrogen-bond donors (Lipinski definition) is 2. The molecule has 162 valence electrons. The predicted molar refractivity (Wildman–Crippen MR) is 118 cm³/mol. The Bertz CT molecular complexity index is 466. The molecule has 1 fully saturated rings. The van der Waals surface area contributed by atoms with Crippen LogP contribution in [0.5, 0.6) is 0 Å². The summed E-state index contributed by atoms with van der Waals surface area (Å²) in [7, 11) is 0. The van der Waals surface area contributed by atoms with E-state index in [0.29, 0.717) is 24.2 Å². The number of aliphatic carboxylic acids is 1. The molecule has 0 bridgehead atoms. The van der Waals surface area contributed by atoms with E-state index in [9.17, 15) is 15.0 Å². The van der Waals surface area contributed by atoms with E-state index in [1.807, 2.05) is 18.2 Å². The molecular weight excluding hydrogens is 348 g/mol. The molecule has 1 saturated carbocycles. The van der Waals surface area contributed by atoms with Gasteiger partial charge in [0.25, 0.3) is 0 Å². The van der Waals surface area contributed by atoms with Gasteiger partial charge in [-0.2, -0.15) is 0 Å². The average Bonchev–Trinajstić information content (AvgIpc) is 2.64. The Labute approximate surface area is 173 Å². The summed E-state index contributed by atoms with van der Waals surface area (Å²) in [6.45, 7) is 6.78. The van der Waals surface area contributed by atoms with Crippen molar-refractivity contribution in [1.82, 2.24) is 0 Å². The van der Waals surface area contributed by atoms with E-state index in [4.69, 9.17) is 0 Å². The summed E-state index contributed by atoms with van der Waals surface area (Å²) in [6.07, 6.45) is 20.5. The number of carbonyl (C=O) groups is 1. The van der Waals surface area contributed by atoms with E-state index in [1.165, 1.54) is 38.5 Å². The Hall–Kier alpha value is -1.09. The molecule has 0 radical (unpaired) electrons. The number of unbranched alkanes of at least 4 members (excludes halogenated alkanes) is 4. The summed E-state index contributed by atoms with van der Waals surface area (Å²) in [6, 6.07) is 0. The predicted octanol–water partition coefficient (Wildman–Crippen LogP) is 6.76. The standard InChI is InChI=1S/C25H44O3/c1-4-5-10-14-24(26)15-12-9-7-6-8-11-13-22-18-21(20(2)3)16-17-23(22)19-25(27)28/h7,9,12,15,20-24,26H,4-6,8,10-11,13-14,16-19H2,1-3H3,(H,27,28)/b9-7+,15-12+/t21-,22-,23+,24+/m1/s1. The van der Waals surface area contributed by atoms with Crippen molar-refractivity contribution in [3.05, 3.63) is 24.3 Å². The first kappa shape index (κ1) is 24.9. The summed E-state index contributed by atoms with van der Waals surface area (Å²) in [5, 5.41) is 19.1. The van der Waals surface area contributed by atoms with Crippen LogP contribution >= 0.6 is 0 Å². The van der Waals surface area contributed by atoms with Gasteiger partial charge >= 0.3 is 5.97 Å². The lowest BCUT2D eigenvalue weighted by Gasteiger charge is -2.37. The average molecular weight is 393 g/mol. The van der Waals surface area contributed by atoms with Gasteiger partial charge in [-0.15, -0.1) is 0 Å². The Morgan fingerprint density at radius 2 is 1.86 bits per heavy atom. The second kappa shape index (κ2) is 14.8. The van der Waals surface area contributed by atoms with Crippen molar-refractivity contribution in [2.24, 2.45) is 23.7 Å². The lowest BCUT2D eigenvalue weighted by molar-refractivity contribution is -0.139. The lowest BCUT2D eigenvalue weighted by Crippen LogP contribution is -2.29. The van der Waals surface area contributed by atoms with Gasteiger partial charge in [0.15, 0.2) is 0 Å². The molecule has 0 amide bonds. The minimum Gasteiger partial charge on any atom is -0.481 e. The maximum Gasteiger partial charge on any atom is 0.303 e. The van der Waals surface area contributed by atoms with Crippen LogP contribution in [-0.2, 0) is 4.79 Å². The van der Waals surface area contributed by atoms with Crippen molar-refractivity contribution in [3.63, 3.8) is 0 Å². The molecule has 1 aliphatic rings. The highest BCUT2D eigenvalue weighted by atomic mass is 16.4. The summed E-state index contributed by atoms with van der Waals surface area (Å²) < 4.78 is 0. The molecule has 0 spiro atoms. The third kappa shape index (κ3) is 11.0. The second-order valence-electron chi connectivity index (χ2n) is 9.10. The monoisotopic (exact) mass is 392 g/mol. The van der Waals surface area contributed by atoms with Gasteiger partial charge < -0.3 is 10.2 Å². The number of allylic oxidation sites excluding steroid dienone is 3. The van der Waals surface area contributed by atoms with Crippen LogP contribution in [-0.4, -0.2) is 22.3 Å². The maximum absolute atomic E-state index is 11.2. The summed E-state index contributed by atoms with van der Waals surface area (Å²) in [5.74, 6) is 1.80. The maximum atomic E-state index is 11.2. The topological polar surface area (TPSA) is 57.5 Å². The molecule has 0 heterocycles. The van der Waals surface area contributed by atoms with Crippen molar-refractivity contribution in [1.29, 1.82) is 0 Å². The molecule has 1 aliphatic carbocycles. The molecule has 4 atom stereocenters. The number of hydrogen-bond acceptors (Lipinski definition) is 2. The smallest absolute Gasteiger partial charge is 0.303 e. The highest BCUT2D eigenvalue weighted by Gasteiger charge is 2.32. The highest BCUT2D eigenvalue weighted by Crippen LogP contribution is 2.41. The molecule has 2 N–H and O–H groups in total. The minimum atomic E-state index is -0.635. The fourth-order valence-electron chi connectivity index (χ4n) is 4.55. The Morgan fingerprint density at radius 1 is 1.07 bits per heavy atom. The van der Waals surface area contributed by atoms with E-state index >= 15 is 0 Å². The van der Waals surface area contributed by atoms with Gasteiger partial charge in [-0.1, -0.05) is 77.2 Å². The molecule has 3 nitrogen and oxygen atoms in total. The zero-order valence-corrected chi connectivity index (χ0v) is 18.5. The number of carboxylic acid groups (broad SMARTS) is 1. The summed E-state index contributed by atoms with van der Waals surface area (Å²) in [4.78, 5) is 11.2. The molecular formula is C25H44O3. The van der Waals surface area contributed by atoms with Gasteiger partial charge in [-0.05, 0) is 62.2 Å². The van der Waals surface area contributed by atoms with E-state index in [2.05, 4.69) is 26.8 Å². The van der Waals surface area contributed by atoms with E-state index < -0.39 is 5.97 Å². The number of aliphatic hydroxyl groups is 1. The third-order valence-electron chi connectivity index (χ3n) is 6.44. The van der Waals surface area contributed by atoms with Crippen LogP contribution < -0.4 is 0 Å². The molecule has 0 aromatic carbocycles. The zero-order chi connectivity index (χ0) is 20.8. The zero-order valence-electron chi connectivity index (χ0n) is 18.5. The van der Waals surface area contributed by atoms with Crippen molar-refractivity contribution in [3.8, 4) is 0 Å². The molecule has 0 aromatic heterocycles. The van der Waals surface area contributed by atoms with Crippen LogP contribution in [0.1, 0.15) is 97.8 Å². The lowest BCUT2D eigenvalue weighted by atomic mass is 9.68. The minimum absolute atomic E-state index is 0.317. The SMILES string of the molecule is CCCCC[C@H](O)/C=C/C=C/CCCC[C@@H]1C[C@H](C(C)C)CC[C@H]1CC(=O)O. The number of aliphatic hydroxyl groups excluding tert-OH is 1. The van der Waals surface area contributed by atoms with Crippen LogP contribution in [0.25, 0.3) is 0 Å². The molecule has 0 aromatic rings. The third-order valence-corrected chi connectivity index (χ3v) is 6.44. The van der Waals surface area contributed by atoms with Gasteiger partial charge in [0.05, 0.1) is 6.10 Å². The molecule has 0 saturated heterocycles. The van der Waals surface area contributed by atoms with Crippen LogP contribution in [0, 0.1) is 23.7 Å². The van der Waals surface area contributed by atoms with E-state index in [1.54, 1.807) is 0 Å². The number of rotatable bonds is 14. The fourth-order valence-corrected chi connectivity index (χ4v) is 4.55. The fraction of sp³-hybridized carbons (Fsp3) is 0.800. The first-order chi connectivity index (χ1) is 13.4. The molecule has 0 unspecified atom stereocenters. The van der Waals surface area contributed by atoms with Gasteiger partial charge in [-0.25, -0.2) is 0 Å². The summed E-state index contributed by atoms with van der Waals surface area (Å²) >= 11 is 0. The van der Waals surface area contributed by atoms with Crippen LogP contribution in [0.2, 0.25) is 0 Å². The van der Waals surface area contributed by atoms with Gasteiger partial charge in [0.1, 0.15) is 0 Å². The quantitative estimate of drug-likeness (QED) is 0.253. The van der Waals surface area contributed by atoms with Crippen molar-refractivity contribution in [2.45, 2.75) is 104 Å². The van der Waals surface area contributed by atoms with Crippen LogP contribution in [0.3, 0.4) is 0 Å². The first-order valence-corrected chi connectivity index (χ1v) is 11.7. The van der Waals surface area contributed by atoms with Crippen LogP contribution in [0.15, 0.2) is 24.3 Å². The Balaban J connectivity index is 2.26. The van der Waals surface area contributed by atoms with Gasteiger partial charge in [-0.3, -0.25) is 4.79 Å².